The number of hydrogen-bond donors (Lipinski definition) is 1. The van der Waals surface area contributed by atoms with E-state index in [1.807, 2.05) is 34.6 Å². The van der Waals surface area contributed by atoms with Crippen molar-refractivity contribution in [3.63, 3.8) is 0 Å². The number of aromatic nitrogens is 1. The van der Waals surface area contributed by atoms with E-state index in [1.165, 1.54) is 24.5 Å². The van der Waals surface area contributed by atoms with Crippen molar-refractivity contribution < 1.29 is 14.3 Å². The molecule has 0 amide bonds. The molecule has 0 aliphatic heterocycles. The maximum atomic E-state index is 12.2. The van der Waals surface area contributed by atoms with E-state index in [9.17, 15) is 9.59 Å². The largest absolute Gasteiger partial charge is 0.493 e. The number of H-pyrrole nitrogens is 1. The van der Waals surface area contributed by atoms with Crippen LogP contribution in [0, 0.1) is 5.41 Å². The highest BCUT2D eigenvalue weighted by Gasteiger charge is 2.18. The minimum absolute atomic E-state index is 0.0496. The molecule has 1 aromatic carbocycles. The van der Waals surface area contributed by atoms with E-state index in [1.54, 1.807) is 18.2 Å². The fourth-order valence-corrected chi connectivity index (χ4v) is 3.33. The van der Waals surface area contributed by atoms with Gasteiger partial charge < -0.3 is 14.5 Å². The Kier molecular flexibility index (Phi) is 6.54. The third-order valence-electron chi connectivity index (χ3n) is 3.58. The van der Waals surface area contributed by atoms with Crippen LogP contribution < -0.4 is 24.2 Å². The SMILES string of the molecule is COc1cc(/C=c2/s/c(=C/C(=O)C(C)(C)C)[nH]c2=O)cc(Cl)c1OC(C)C. The summed E-state index contributed by atoms with van der Waals surface area (Å²) in [5.41, 5.74) is -0.0581. The highest BCUT2D eigenvalue weighted by Crippen LogP contribution is 2.37. The van der Waals surface area contributed by atoms with Gasteiger partial charge in [0.2, 0.25) is 0 Å². The molecule has 0 unspecified atom stereocenters. The van der Waals surface area contributed by atoms with Gasteiger partial charge in [-0.2, -0.15) is 0 Å². The van der Waals surface area contributed by atoms with Gasteiger partial charge in [0.05, 0.1) is 27.4 Å². The summed E-state index contributed by atoms with van der Waals surface area (Å²) in [6.07, 6.45) is 3.12. The van der Waals surface area contributed by atoms with Gasteiger partial charge >= 0.3 is 0 Å². The van der Waals surface area contributed by atoms with Gasteiger partial charge in [0.25, 0.3) is 5.56 Å². The maximum absolute atomic E-state index is 12.2. The monoisotopic (exact) mass is 409 g/mol. The van der Waals surface area contributed by atoms with Crippen LogP contribution in [0.1, 0.15) is 40.2 Å². The normalized spacial score (nSPS) is 13.3. The first-order valence-corrected chi connectivity index (χ1v) is 9.72. The second-order valence-electron chi connectivity index (χ2n) is 7.39. The third kappa shape index (κ3) is 5.47. The van der Waals surface area contributed by atoms with Crippen molar-refractivity contribution >= 4 is 40.9 Å². The highest BCUT2D eigenvalue weighted by molar-refractivity contribution is 7.07. The number of ketones is 1. The van der Waals surface area contributed by atoms with Gasteiger partial charge in [0, 0.05) is 11.5 Å². The standard InChI is InChI=1S/C20H24ClNO4S/c1-11(2)26-18-13(21)7-12(8-14(18)25-6)9-15-19(24)22-17(27-15)10-16(23)20(3,4)5/h7-11H,1-6H3,(H,22,24)/b15-9+,17-10+. The molecule has 0 radical (unpaired) electrons. The fraction of sp³-hybridized carbons (Fsp3) is 0.400. The summed E-state index contributed by atoms with van der Waals surface area (Å²) >= 11 is 7.55. The molecule has 146 valence electrons. The lowest BCUT2D eigenvalue weighted by atomic mass is 9.91. The van der Waals surface area contributed by atoms with Crippen molar-refractivity contribution in [1.82, 2.24) is 4.98 Å². The van der Waals surface area contributed by atoms with Crippen LogP contribution in [0.3, 0.4) is 0 Å². The molecule has 0 spiro atoms. The lowest BCUT2D eigenvalue weighted by Crippen LogP contribution is -2.22. The Morgan fingerprint density at radius 2 is 1.96 bits per heavy atom. The number of thiazole rings is 1. The molecule has 2 rings (SSSR count). The molecule has 0 fully saturated rings. The first-order chi connectivity index (χ1) is 12.5. The topological polar surface area (TPSA) is 68.4 Å². The van der Waals surface area contributed by atoms with E-state index >= 15 is 0 Å². The molecule has 0 atom stereocenters. The van der Waals surface area contributed by atoms with Gasteiger partial charge in [-0.25, -0.2) is 0 Å². The lowest BCUT2D eigenvalue weighted by Gasteiger charge is -2.15. The van der Waals surface area contributed by atoms with E-state index in [0.717, 1.165) is 0 Å². The number of methoxy groups -OCH3 is 1. The lowest BCUT2D eigenvalue weighted by molar-refractivity contribution is -0.119. The predicted octanol–water partition coefficient (Wildman–Crippen LogP) is 3.11. The predicted molar refractivity (Wildman–Crippen MR) is 110 cm³/mol. The van der Waals surface area contributed by atoms with Gasteiger partial charge in [0.15, 0.2) is 17.3 Å². The first-order valence-electron chi connectivity index (χ1n) is 8.52. The highest BCUT2D eigenvalue weighted by atomic mass is 35.5. The third-order valence-corrected chi connectivity index (χ3v) is 4.83. The van der Waals surface area contributed by atoms with Crippen LogP contribution in [0.5, 0.6) is 11.5 Å². The molecule has 5 nitrogen and oxygen atoms in total. The minimum atomic E-state index is -0.502. The molecule has 7 heteroatoms. The Bertz CT molecular complexity index is 1010. The number of halogens is 1. The Labute approximate surface area is 167 Å². The van der Waals surface area contributed by atoms with Gasteiger partial charge in [-0.1, -0.05) is 32.4 Å². The van der Waals surface area contributed by atoms with Crippen molar-refractivity contribution in [2.24, 2.45) is 5.41 Å². The maximum Gasteiger partial charge on any atom is 0.266 e. The second-order valence-corrected chi connectivity index (χ2v) is 8.88. The van der Waals surface area contributed by atoms with E-state index in [4.69, 9.17) is 21.1 Å². The van der Waals surface area contributed by atoms with Gasteiger partial charge in [-0.05, 0) is 37.6 Å². The Morgan fingerprint density at radius 3 is 2.52 bits per heavy atom. The van der Waals surface area contributed by atoms with Gasteiger partial charge in [-0.15, -0.1) is 11.3 Å². The second kappa shape index (κ2) is 8.31. The van der Waals surface area contributed by atoms with Crippen molar-refractivity contribution in [2.75, 3.05) is 7.11 Å². The van der Waals surface area contributed by atoms with Crippen molar-refractivity contribution in [1.29, 1.82) is 0 Å². The molecule has 1 heterocycles. The number of hydrogen-bond acceptors (Lipinski definition) is 5. The summed E-state index contributed by atoms with van der Waals surface area (Å²) in [6.45, 7) is 9.30. The Balaban J connectivity index is 2.51. The van der Waals surface area contributed by atoms with Gasteiger partial charge in [-0.3, -0.25) is 9.59 Å². The summed E-state index contributed by atoms with van der Waals surface area (Å²) < 4.78 is 12.1. The van der Waals surface area contributed by atoms with Crippen molar-refractivity contribution in [2.45, 2.75) is 40.7 Å². The van der Waals surface area contributed by atoms with Gasteiger partial charge in [0.1, 0.15) is 0 Å². The Morgan fingerprint density at radius 1 is 1.30 bits per heavy atom. The van der Waals surface area contributed by atoms with Crippen LogP contribution >= 0.6 is 22.9 Å². The molecule has 0 saturated heterocycles. The summed E-state index contributed by atoms with van der Waals surface area (Å²) in [5.74, 6) is 0.910. The molecule has 1 N–H and O–H groups in total. The van der Waals surface area contributed by atoms with E-state index in [2.05, 4.69) is 4.98 Å². The number of benzene rings is 1. The zero-order valence-electron chi connectivity index (χ0n) is 16.3. The molecule has 0 aliphatic carbocycles. The average Bonchev–Trinajstić information content (AvgIpc) is 2.87. The molecular weight excluding hydrogens is 386 g/mol. The number of rotatable bonds is 5. The van der Waals surface area contributed by atoms with Crippen LogP contribution in [-0.4, -0.2) is 24.0 Å². The summed E-state index contributed by atoms with van der Waals surface area (Å²) in [4.78, 5) is 27.1. The van der Waals surface area contributed by atoms with E-state index in [0.29, 0.717) is 31.3 Å². The molecule has 0 aliphatic rings. The fourth-order valence-electron chi connectivity index (χ4n) is 2.18. The summed E-state index contributed by atoms with van der Waals surface area (Å²) in [5, 5.41) is 0.400. The van der Waals surface area contributed by atoms with E-state index < -0.39 is 5.41 Å². The number of Topliss-reactive ketones (excluding diaryl/α,β-unsaturated/α-hetero) is 1. The molecule has 1 aromatic heterocycles. The van der Waals surface area contributed by atoms with Crippen LogP contribution in [0.4, 0.5) is 0 Å². The average molecular weight is 410 g/mol. The number of carbonyl (C=O) groups excluding carboxylic acids is 1. The quantitative estimate of drug-likeness (QED) is 0.823. The van der Waals surface area contributed by atoms with Crippen LogP contribution in [0.15, 0.2) is 16.9 Å². The zero-order valence-corrected chi connectivity index (χ0v) is 17.9. The number of ether oxygens (including phenoxy) is 2. The Hall–Kier alpha value is -2.05. The number of carbonyl (C=O) groups is 1. The zero-order chi connectivity index (χ0) is 20.4. The smallest absolute Gasteiger partial charge is 0.266 e. The van der Waals surface area contributed by atoms with Crippen LogP contribution in [0.2, 0.25) is 5.02 Å². The van der Waals surface area contributed by atoms with Crippen LogP contribution in [0.25, 0.3) is 12.2 Å². The first kappa shape index (κ1) is 21.3. The van der Waals surface area contributed by atoms with E-state index in [-0.39, 0.29) is 17.4 Å². The minimum Gasteiger partial charge on any atom is -0.493 e. The molecule has 0 saturated carbocycles. The summed E-state index contributed by atoms with van der Waals surface area (Å²) in [6, 6.07) is 3.47. The number of nitrogens with one attached hydrogen (secondary N) is 1. The van der Waals surface area contributed by atoms with Crippen LogP contribution in [-0.2, 0) is 4.79 Å². The molecular formula is C20H24ClNO4S. The summed E-state index contributed by atoms with van der Waals surface area (Å²) in [7, 11) is 1.53. The van der Waals surface area contributed by atoms with Crippen molar-refractivity contribution in [3.05, 3.63) is 42.3 Å². The molecule has 27 heavy (non-hydrogen) atoms. The number of aromatic amines is 1. The molecule has 2 aromatic rings. The molecule has 0 bridgehead atoms. The van der Waals surface area contributed by atoms with Crippen molar-refractivity contribution in [3.8, 4) is 11.5 Å².